The van der Waals surface area contributed by atoms with Gasteiger partial charge in [0.05, 0.1) is 5.25 Å². The summed E-state index contributed by atoms with van der Waals surface area (Å²) in [4.78, 5) is 12.1. The number of hydrogen-bond donors (Lipinski definition) is 2. The van der Waals surface area contributed by atoms with Crippen LogP contribution in [0, 0.1) is 0 Å². The maximum atomic E-state index is 12.1. The molecule has 0 bridgehead atoms. The lowest BCUT2D eigenvalue weighted by molar-refractivity contribution is -0.115. The van der Waals surface area contributed by atoms with E-state index in [1.165, 1.54) is 35.9 Å². The molecule has 1 fully saturated rings. The van der Waals surface area contributed by atoms with E-state index in [2.05, 4.69) is 20.8 Å². The molecular formula is C14H16N4OS2. The highest BCUT2D eigenvalue weighted by molar-refractivity contribution is 8.02. The zero-order valence-corrected chi connectivity index (χ0v) is 13.2. The van der Waals surface area contributed by atoms with Crippen molar-refractivity contribution in [1.29, 1.82) is 0 Å². The summed E-state index contributed by atoms with van der Waals surface area (Å²) in [5, 5.41) is 15.0. The SMILES string of the molecule is CC(Sc1nnc(NC2CC2)s1)C(=O)Nc1ccccc1. The molecule has 7 heteroatoms. The molecule has 1 aromatic heterocycles. The van der Waals surface area contributed by atoms with Crippen LogP contribution in [0.4, 0.5) is 10.8 Å². The second-order valence-corrected chi connectivity index (χ2v) is 7.47. The maximum absolute atomic E-state index is 12.1. The number of rotatable bonds is 6. The van der Waals surface area contributed by atoms with Gasteiger partial charge in [0, 0.05) is 11.7 Å². The summed E-state index contributed by atoms with van der Waals surface area (Å²) in [6.07, 6.45) is 2.41. The first-order valence-electron chi connectivity index (χ1n) is 6.83. The van der Waals surface area contributed by atoms with Gasteiger partial charge in [0.25, 0.3) is 0 Å². The standard InChI is InChI=1S/C14H16N4OS2/c1-9(12(19)15-10-5-3-2-4-6-10)20-14-18-17-13(21-14)16-11-7-8-11/h2-6,9,11H,7-8H2,1H3,(H,15,19)(H,16,17). The Hall–Kier alpha value is -1.60. The van der Waals surface area contributed by atoms with Crippen molar-refractivity contribution in [2.75, 3.05) is 10.6 Å². The predicted molar refractivity (Wildman–Crippen MR) is 86.9 cm³/mol. The van der Waals surface area contributed by atoms with Crippen molar-refractivity contribution in [2.45, 2.75) is 35.4 Å². The van der Waals surface area contributed by atoms with E-state index in [-0.39, 0.29) is 11.2 Å². The summed E-state index contributed by atoms with van der Waals surface area (Å²) in [5.41, 5.74) is 0.809. The van der Waals surface area contributed by atoms with Gasteiger partial charge in [-0.3, -0.25) is 4.79 Å². The summed E-state index contributed by atoms with van der Waals surface area (Å²) < 4.78 is 0.814. The van der Waals surface area contributed by atoms with Crippen LogP contribution in [0.1, 0.15) is 19.8 Å². The van der Waals surface area contributed by atoms with Gasteiger partial charge >= 0.3 is 0 Å². The van der Waals surface area contributed by atoms with E-state index in [1.54, 1.807) is 0 Å². The van der Waals surface area contributed by atoms with E-state index >= 15 is 0 Å². The van der Waals surface area contributed by atoms with Crippen molar-refractivity contribution in [3.05, 3.63) is 30.3 Å². The summed E-state index contributed by atoms with van der Waals surface area (Å²) in [7, 11) is 0. The lowest BCUT2D eigenvalue weighted by Gasteiger charge is -2.09. The molecule has 110 valence electrons. The average Bonchev–Trinajstić information content (AvgIpc) is 3.19. The Morgan fingerprint density at radius 3 is 2.81 bits per heavy atom. The molecule has 3 rings (SSSR count). The van der Waals surface area contributed by atoms with Crippen LogP contribution >= 0.6 is 23.1 Å². The Morgan fingerprint density at radius 2 is 2.10 bits per heavy atom. The molecular weight excluding hydrogens is 304 g/mol. The number of nitrogens with one attached hydrogen (secondary N) is 2. The number of nitrogens with zero attached hydrogens (tertiary/aromatic N) is 2. The van der Waals surface area contributed by atoms with Gasteiger partial charge in [-0.2, -0.15) is 0 Å². The number of anilines is 2. The third kappa shape index (κ3) is 4.18. The zero-order valence-electron chi connectivity index (χ0n) is 11.6. The highest BCUT2D eigenvalue weighted by atomic mass is 32.2. The second-order valence-electron chi connectivity index (χ2n) is 4.91. The molecule has 2 N–H and O–H groups in total. The fraction of sp³-hybridized carbons (Fsp3) is 0.357. The van der Waals surface area contributed by atoms with Crippen LogP contribution in [0.15, 0.2) is 34.7 Å². The first-order chi connectivity index (χ1) is 10.2. The van der Waals surface area contributed by atoms with Crippen molar-refractivity contribution in [3.63, 3.8) is 0 Å². The van der Waals surface area contributed by atoms with Crippen molar-refractivity contribution in [3.8, 4) is 0 Å². The van der Waals surface area contributed by atoms with Crippen LogP contribution in [0.25, 0.3) is 0 Å². The largest absolute Gasteiger partial charge is 0.357 e. The quantitative estimate of drug-likeness (QED) is 0.800. The van der Waals surface area contributed by atoms with Crippen molar-refractivity contribution >= 4 is 39.8 Å². The minimum Gasteiger partial charge on any atom is -0.357 e. The Morgan fingerprint density at radius 1 is 1.33 bits per heavy atom. The van der Waals surface area contributed by atoms with Gasteiger partial charge in [-0.15, -0.1) is 10.2 Å². The third-order valence-electron chi connectivity index (χ3n) is 3.00. The molecule has 5 nitrogen and oxygen atoms in total. The molecule has 1 saturated carbocycles. The van der Waals surface area contributed by atoms with Gasteiger partial charge in [-0.05, 0) is 31.9 Å². The fourth-order valence-corrected chi connectivity index (χ4v) is 3.66. The van der Waals surface area contributed by atoms with Crippen molar-refractivity contribution < 1.29 is 4.79 Å². The summed E-state index contributed by atoms with van der Waals surface area (Å²) in [6, 6.07) is 10.0. The monoisotopic (exact) mass is 320 g/mol. The minimum atomic E-state index is -0.216. The number of thioether (sulfide) groups is 1. The Balaban J connectivity index is 1.53. The minimum absolute atomic E-state index is 0.0295. The molecule has 2 aromatic rings. The summed E-state index contributed by atoms with van der Waals surface area (Å²) >= 11 is 2.93. The van der Waals surface area contributed by atoms with E-state index in [0.717, 1.165) is 15.2 Å². The number of para-hydroxylation sites is 1. The Bertz CT molecular complexity index is 612. The van der Waals surface area contributed by atoms with Gasteiger partial charge in [-0.1, -0.05) is 41.3 Å². The molecule has 0 aliphatic heterocycles. The number of carbonyl (C=O) groups is 1. The molecule has 1 aromatic carbocycles. The number of aromatic nitrogens is 2. The fourth-order valence-electron chi connectivity index (χ4n) is 1.69. The molecule has 0 radical (unpaired) electrons. The van der Waals surface area contributed by atoms with Crippen LogP contribution in [-0.4, -0.2) is 27.4 Å². The Labute approximate surface area is 131 Å². The lowest BCUT2D eigenvalue weighted by atomic mass is 10.3. The van der Waals surface area contributed by atoms with E-state index < -0.39 is 0 Å². The normalized spacial score (nSPS) is 15.5. The van der Waals surface area contributed by atoms with Crippen LogP contribution in [0.2, 0.25) is 0 Å². The first kappa shape index (κ1) is 14.3. The number of amides is 1. The molecule has 1 atom stereocenters. The molecule has 1 aliphatic rings. The van der Waals surface area contributed by atoms with Crippen LogP contribution in [-0.2, 0) is 4.79 Å². The van der Waals surface area contributed by atoms with Crippen LogP contribution in [0.3, 0.4) is 0 Å². The number of carbonyl (C=O) groups excluding carboxylic acids is 1. The molecule has 1 heterocycles. The summed E-state index contributed by atoms with van der Waals surface area (Å²) in [5.74, 6) is -0.0295. The van der Waals surface area contributed by atoms with Crippen LogP contribution < -0.4 is 10.6 Å². The highest BCUT2D eigenvalue weighted by Crippen LogP contribution is 2.32. The number of hydrogen-bond acceptors (Lipinski definition) is 6. The van der Waals surface area contributed by atoms with Gasteiger partial charge in [0.2, 0.25) is 11.0 Å². The van der Waals surface area contributed by atoms with Gasteiger partial charge in [0.15, 0.2) is 4.34 Å². The van der Waals surface area contributed by atoms with E-state index in [0.29, 0.717) is 6.04 Å². The molecule has 1 amide bonds. The predicted octanol–water partition coefficient (Wildman–Crippen LogP) is 3.23. The third-order valence-corrected chi connectivity index (χ3v) is 5.04. The van der Waals surface area contributed by atoms with Crippen LogP contribution in [0.5, 0.6) is 0 Å². The highest BCUT2D eigenvalue weighted by Gasteiger charge is 2.23. The van der Waals surface area contributed by atoms with Gasteiger partial charge < -0.3 is 10.6 Å². The molecule has 0 spiro atoms. The smallest absolute Gasteiger partial charge is 0.237 e. The molecule has 21 heavy (non-hydrogen) atoms. The summed E-state index contributed by atoms with van der Waals surface area (Å²) in [6.45, 7) is 1.87. The first-order valence-corrected chi connectivity index (χ1v) is 8.53. The van der Waals surface area contributed by atoms with E-state index in [4.69, 9.17) is 0 Å². The van der Waals surface area contributed by atoms with Crippen molar-refractivity contribution in [2.24, 2.45) is 0 Å². The van der Waals surface area contributed by atoms with Crippen molar-refractivity contribution in [1.82, 2.24) is 10.2 Å². The molecule has 1 aliphatic carbocycles. The average molecular weight is 320 g/mol. The Kier molecular flexibility index (Phi) is 4.40. The lowest BCUT2D eigenvalue weighted by Crippen LogP contribution is -2.22. The molecule has 0 saturated heterocycles. The maximum Gasteiger partial charge on any atom is 0.237 e. The van der Waals surface area contributed by atoms with E-state index in [1.807, 2.05) is 37.3 Å². The topological polar surface area (TPSA) is 66.9 Å². The number of benzene rings is 1. The zero-order chi connectivity index (χ0) is 14.7. The second kappa shape index (κ2) is 6.44. The molecule has 1 unspecified atom stereocenters. The van der Waals surface area contributed by atoms with Gasteiger partial charge in [-0.25, -0.2) is 0 Å². The van der Waals surface area contributed by atoms with E-state index in [9.17, 15) is 4.79 Å². The van der Waals surface area contributed by atoms with Gasteiger partial charge in [0.1, 0.15) is 0 Å².